The molecule has 0 saturated heterocycles. The van der Waals surface area contributed by atoms with Crippen molar-refractivity contribution >= 4 is 17.9 Å². The van der Waals surface area contributed by atoms with Gasteiger partial charge in [0.25, 0.3) is 0 Å². The maximum absolute atomic E-state index is 12.7. The second kappa shape index (κ2) is 22.4. The minimum absolute atomic E-state index is 0.154. The number of rotatable bonds is 23. The summed E-state index contributed by atoms with van der Waals surface area (Å²) in [6.07, 6.45) is 18.0. The Hall–Kier alpha value is -4.13. The predicted molar refractivity (Wildman–Crippen MR) is 190 cm³/mol. The third-order valence-electron chi connectivity index (χ3n) is 8.23. The molecule has 0 unspecified atom stereocenters. The fraction of sp³-hybridized carbons (Fsp3) is 0.488. The fourth-order valence-electron chi connectivity index (χ4n) is 5.29. The molecule has 0 aliphatic carbocycles. The Bertz CT molecular complexity index is 1350. The van der Waals surface area contributed by atoms with Crippen LogP contribution in [0.3, 0.4) is 0 Å². The average Bonchev–Trinajstić information content (AvgIpc) is 3.10. The van der Waals surface area contributed by atoms with E-state index in [1.165, 1.54) is 76.3 Å². The first-order chi connectivity index (χ1) is 23.4. The molecule has 3 aromatic rings. The zero-order valence-corrected chi connectivity index (χ0v) is 29.2. The molecule has 48 heavy (non-hydrogen) atoms. The average molecular weight is 659 g/mol. The Morgan fingerprint density at radius 1 is 0.479 bits per heavy atom. The lowest BCUT2D eigenvalue weighted by atomic mass is 10.1. The van der Waals surface area contributed by atoms with Crippen LogP contribution in [0.5, 0.6) is 17.2 Å². The van der Waals surface area contributed by atoms with Crippen molar-refractivity contribution < 1.29 is 33.3 Å². The smallest absolute Gasteiger partial charge is 0.343 e. The van der Waals surface area contributed by atoms with Crippen LogP contribution >= 0.6 is 0 Å². The number of esters is 3. The third kappa shape index (κ3) is 14.7. The molecule has 7 heteroatoms. The summed E-state index contributed by atoms with van der Waals surface area (Å²) in [6.45, 7) is 6.97. The van der Waals surface area contributed by atoms with Gasteiger partial charge in [-0.15, -0.1) is 0 Å². The summed E-state index contributed by atoms with van der Waals surface area (Å²) in [5, 5.41) is 0. The van der Waals surface area contributed by atoms with Gasteiger partial charge in [0.05, 0.1) is 29.4 Å². The van der Waals surface area contributed by atoms with E-state index in [2.05, 4.69) is 13.8 Å². The lowest BCUT2D eigenvalue weighted by Gasteiger charge is -2.13. The molecule has 0 saturated carbocycles. The van der Waals surface area contributed by atoms with Gasteiger partial charge in [0, 0.05) is 0 Å². The summed E-state index contributed by atoms with van der Waals surface area (Å²) in [6, 6.07) is 19.3. The van der Waals surface area contributed by atoms with Gasteiger partial charge in [0.1, 0.15) is 17.2 Å². The van der Waals surface area contributed by atoms with E-state index < -0.39 is 17.9 Å². The zero-order valence-electron chi connectivity index (χ0n) is 29.2. The summed E-state index contributed by atoms with van der Waals surface area (Å²) < 4.78 is 22.3. The lowest BCUT2D eigenvalue weighted by molar-refractivity contribution is 0.0319. The quantitative estimate of drug-likeness (QED) is 0.0569. The molecule has 3 aromatic carbocycles. The van der Waals surface area contributed by atoms with Crippen LogP contribution in [-0.2, 0) is 4.74 Å². The Morgan fingerprint density at radius 2 is 0.854 bits per heavy atom. The SMILES string of the molecule is CCCCCCCCCCCCOc1ccc(C(=O)Oc2ccc(C(=O)Oc3ccc(C(=O)O[C@@H](C)CCCCCC)cc3)cc2)cc1. The van der Waals surface area contributed by atoms with E-state index in [0.29, 0.717) is 34.8 Å². The molecule has 0 heterocycles. The highest BCUT2D eigenvalue weighted by Gasteiger charge is 2.15. The van der Waals surface area contributed by atoms with Gasteiger partial charge < -0.3 is 18.9 Å². The Labute approximate surface area is 287 Å². The highest BCUT2D eigenvalue weighted by molar-refractivity contribution is 5.93. The van der Waals surface area contributed by atoms with Crippen molar-refractivity contribution in [3.63, 3.8) is 0 Å². The highest BCUT2D eigenvalue weighted by Crippen LogP contribution is 2.20. The van der Waals surface area contributed by atoms with Crippen LogP contribution in [0.4, 0.5) is 0 Å². The van der Waals surface area contributed by atoms with Crippen LogP contribution < -0.4 is 14.2 Å². The first-order valence-electron chi connectivity index (χ1n) is 18.0. The van der Waals surface area contributed by atoms with Gasteiger partial charge in [0.15, 0.2) is 0 Å². The molecule has 3 rings (SSSR count). The summed E-state index contributed by atoms with van der Waals surface area (Å²) >= 11 is 0. The Morgan fingerprint density at radius 3 is 1.31 bits per heavy atom. The number of ether oxygens (including phenoxy) is 4. The molecular formula is C41H54O7. The Balaban J connectivity index is 1.35. The molecule has 0 aliphatic heterocycles. The fourth-order valence-corrected chi connectivity index (χ4v) is 5.29. The largest absolute Gasteiger partial charge is 0.494 e. The molecule has 0 amide bonds. The van der Waals surface area contributed by atoms with Crippen LogP contribution in [0.2, 0.25) is 0 Å². The first-order valence-corrected chi connectivity index (χ1v) is 18.0. The molecule has 1 atom stereocenters. The number of unbranched alkanes of at least 4 members (excludes halogenated alkanes) is 12. The second-order valence-corrected chi connectivity index (χ2v) is 12.4. The molecular weight excluding hydrogens is 604 g/mol. The van der Waals surface area contributed by atoms with Crippen LogP contribution in [-0.4, -0.2) is 30.6 Å². The van der Waals surface area contributed by atoms with Crippen molar-refractivity contribution in [3.05, 3.63) is 89.5 Å². The summed E-state index contributed by atoms with van der Waals surface area (Å²) in [5.41, 5.74) is 1.09. The van der Waals surface area contributed by atoms with Gasteiger partial charge in [0.2, 0.25) is 0 Å². The van der Waals surface area contributed by atoms with Gasteiger partial charge in [-0.1, -0.05) is 90.9 Å². The number of hydrogen-bond donors (Lipinski definition) is 0. The molecule has 7 nitrogen and oxygen atoms in total. The molecule has 0 N–H and O–H groups in total. The normalized spacial score (nSPS) is 11.5. The highest BCUT2D eigenvalue weighted by atomic mass is 16.5. The second-order valence-electron chi connectivity index (χ2n) is 12.4. The van der Waals surface area contributed by atoms with E-state index in [0.717, 1.165) is 37.9 Å². The summed E-state index contributed by atoms with van der Waals surface area (Å²) in [4.78, 5) is 37.8. The van der Waals surface area contributed by atoms with E-state index in [9.17, 15) is 14.4 Å². The number of benzene rings is 3. The van der Waals surface area contributed by atoms with Gasteiger partial charge in [-0.05, 0) is 99.0 Å². The topological polar surface area (TPSA) is 88.1 Å². The van der Waals surface area contributed by atoms with Crippen molar-refractivity contribution in [2.45, 2.75) is 123 Å². The Kier molecular flexibility index (Phi) is 17.9. The summed E-state index contributed by atoms with van der Waals surface area (Å²) in [5.74, 6) is -0.142. The van der Waals surface area contributed by atoms with Crippen molar-refractivity contribution in [2.24, 2.45) is 0 Å². The molecule has 0 radical (unpaired) electrons. The van der Waals surface area contributed by atoms with Gasteiger partial charge in [-0.3, -0.25) is 0 Å². The van der Waals surface area contributed by atoms with E-state index in [1.54, 1.807) is 60.7 Å². The maximum Gasteiger partial charge on any atom is 0.343 e. The van der Waals surface area contributed by atoms with E-state index in [1.807, 2.05) is 6.92 Å². The van der Waals surface area contributed by atoms with E-state index >= 15 is 0 Å². The zero-order chi connectivity index (χ0) is 34.4. The van der Waals surface area contributed by atoms with Crippen LogP contribution in [0.25, 0.3) is 0 Å². The van der Waals surface area contributed by atoms with Crippen molar-refractivity contribution in [2.75, 3.05) is 6.61 Å². The molecule has 0 fully saturated rings. The number of carbonyl (C=O) groups excluding carboxylic acids is 3. The van der Waals surface area contributed by atoms with Crippen molar-refractivity contribution in [3.8, 4) is 17.2 Å². The lowest BCUT2D eigenvalue weighted by Crippen LogP contribution is -2.15. The van der Waals surface area contributed by atoms with Crippen molar-refractivity contribution in [1.29, 1.82) is 0 Å². The molecule has 260 valence electrons. The minimum atomic E-state index is -0.572. The minimum Gasteiger partial charge on any atom is -0.494 e. The first kappa shape index (κ1) is 38.3. The molecule has 0 spiro atoms. The van der Waals surface area contributed by atoms with E-state index in [-0.39, 0.29) is 6.10 Å². The molecule has 0 aromatic heterocycles. The molecule has 0 bridgehead atoms. The number of carbonyl (C=O) groups is 3. The number of hydrogen-bond acceptors (Lipinski definition) is 7. The van der Waals surface area contributed by atoms with E-state index in [4.69, 9.17) is 18.9 Å². The maximum atomic E-state index is 12.7. The van der Waals surface area contributed by atoms with Crippen LogP contribution in [0.15, 0.2) is 72.8 Å². The summed E-state index contributed by atoms with van der Waals surface area (Å²) in [7, 11) is 0. The molecule has 0 aliphatic rings. The van der Waals surface area contributed by atoms with Gasteiger partial charge in [-0.25, -0.2) is 14.4 Å². The standard InChI is InChI=1S/C41H54O7/c1-4-6-8-10-11-12-13-14-15-17-31-45-36-25-19-34(20-26-36)40(43)47-38-29-23-35(24-30-38)41(44)48-37-27-21-33(22-28-37)39(42)46-32(3)18-16-9-7-5-2/h19-30,32H,4-18,31H2,1-3H3/t32-/m0/s1. The predicted octanol–water partition coefficient (Wildman–Crippen LogP) is 10.9. The van der Waals surface area contributed by atoms with Crippen LogP contribution in [0, 0.1) is 0 Å². The van der Waals surface area contributed by atoms with Crippen LogP contribution in [0.1, 0.15) is 148 Å². The third-order valence-corrected chi connectivity index (χ3v) is 8.23. The van der Waals surface area contributed by atoms with Gasteiger partial charge in [-0.2, -0.15) is 0 Å². The monoisotopic (exact) mass is 658 g/mol. The van der Waals surface area contributed by atoms with Gasteiger partial charge >= 0.3 is 17.9 Å². The van der Waals surface area contributed by atoms with Crippen molar-refractivity contribution in [1.82, 2.24) is 0 Å².